The lowest BCUT2D eigenvalue weighted by molar-refractivity contribution is -0.145. The number of aromatic nitrogens is 1. The highest BCUT2D eigenvalue weighted by Crippen LogP contribution is 2.21. The Morgan fingerprint density at radius 1 is 1.22 bits per heavy atom. The van der Waals surface area contributed by atoms with E-state index >= 15 is 0 Å². The molecular weight excluding hydrogens is 454 g/mol. The zero-order chi connectivity index (χ0) is 23.1. The van der Waals surface area contributed by atoms with Crippen LogP contribution in [0.4, 0.5) is 5.13 Å². The predicted octanol–water partition coefficient (Wildman–Crippen LogP) is 2.21. The van der Waals surface area contributed by atoms with E-state index in [1.54, 1.807) is 34.5 Å². The van der Waals surface area contributed by atoms with Crippen molar-refractivity contribution in [1.29, 1.82) is 0 Å². The number of rotatable bonds is 9. The number of hydrogen-bond donors (Lipinski definition) is 0. The van der Waals surface area contributed by atoms with Gasteiger partial charge in [-0.05, 0) is 31.0 Å². The van der Waals surface area contributed by atoms with Gasteiger partial charge in [-0.3, -0.25) is 14.5 Å². The first-order chi connectivity index (χ1) is 15.3. The van der Waals surface area contributed by atoms with E-state index < -0.39 is 10.0 Å². The lowest BCUT2D eigenvalue weighted by Crippen LogP contribution is -2.40. The van der Waals surface area contributed by atoms with Crippen molar-refractivity contribution in [3.63, 3.8) is 0 Å². The number of thiazole rings is 1. The molecule has 32 heavy (non-hydrogen) atoms. The molecule has 11 heteroatoms. The van der Waals surface area contributed by atoms with Crippen LogP contribution in [0.2, 0.25) is 0 Å². The average molecular weight is 482 g/mol. The van der Waals surface area contributed by atoms with Crippen LogP contribution in [-0.4, -0.2) is 62.4 Å². The van der Waals surface area contributed by atoms with Gasteiger partial charge in [0, 0.05) is 38.4 Å². The molecule has 0 spiro atoms. The molecule has 1 fully saturated rings. The quantitative estimate of drug-likeness (QED) is 0.506. The van der Waals surface area contributed by atoms with Crippen molar-refractivity contribution in [1.82, 2.24) is 9.29 Å². The lowest BCUT2D eigenvalue weighted by atomic mass is 10.1. The van der Waals surface area contributed by atoms with Gasteiger partial charge < -0.3 is 9.47 Å². The van der Waals surface area contributed by atoms with Crippen molar-refractivity contribution >= 4 is 38.4 Å². The van der Waals surface area contributed by atoms with E-state index in [1.807, 2.05) is 6.92 Å². The van der Waals surface area contributed by atoms with Crippen LogP contribution in [0.3, 0.4) is 0 Å². The van der Waals surface area contributed by atoms with E-state index in [4.69, 9.17) is 9.47 Å². The van der Waals surface area contributed by atoms with E-state index in [9.17, 15) is 18.0 Å². The van der Waals surface area contributed by atoms with Gasteiger partial charge in [0.15, 0.2) is 5.13 Å². The highest BCUT2D eigenvalue weighted by atomic mass is 32.2. The summed E-state index contributed by atoms with van der Waals surface area (Å²) >= 11 is 1.33. The van der Waals surface area contributed by atoms with Crippen molar-refractivity contribution in [2.45, 2.75) is 38.2 Å². The van der Waals surface area contributed by atoms with Gasteiger partial charge >= 0.3 is 5.97 Å². The molecule has 0 unspecified atom stereocenters. The number of amides is 1. The highest BCUT2D eigenvalue weighted by Gasteiger charge is 2.26. The minimum Gasteiger partial charge on any atom is -0.459 e. The van der Waals surface area contributed by atoms with Crippen LogP contribution in [0.5, 0.6) is 0 Å². The van der Waals surface area contributed by atoms with Gasteiger partial charge in [0.2, 0.25) is 15.9 Å². The molecule has 1 aliphatic rings. The Kier molecular flexibility index (Phi) is 8.35. The highest BCUT2D eigenvalue weighted by molar-refractivity contribution is 7.89. The van der Waals surface area contributed by atoms with Gasteiger partial charge in [-0.15, -0.1) is 11.3 Å². The Morgan fingerprint density at radius 2 is 1.91 bits per heavy atom. The summed E-state index contributed by atoms with van der Waals surface area (Å²) in [6, 6.07) is 6.57. The molecule has 1 aliphatic heterocycles. The van der Waals surface area contributed by atoms with Crippen LogP contribution in [0.1, 0.15) is 31.5 Å². The number of carbonyl (C=O) groups excluding carboxylic acids is 2. The number of ether oxygens (including phenoxy) is 2. The number of hydrogen-bond acceptors (Lipinski definition) is 8. The number of benzene rings is 1. The standard InChI is InChI=1S/C21H27N3O6S2/c1-3-24(16(2)25)21-22-18(15-31-21)14-30-20(26)9-6-17-4-7-19(8-5-17)32(27,28)23-10-12-29-13-11-23/h4-5,7-8,15H,3,6,9-14H2,1-2H3. The maximum Gasteiger partial charge on any atom is 0.306 e. The maximum absolute atomic E-state index is 12.7. The largest absolute Gasteiger partial charge is 0.459 e. The minimum atomic E-state index is -3.53. The maximum atomic E-state index is 12.7. The Morgan fingerprint density at radius 3 is 2.53 bits per heavy atom. The first-order valence-corrected chi connectivity index (χ1v) is 12.7. The van der Waals surface area contributed by atoms with Gasteiger partial charge in [-0.25, -0.2) is 13.4 Å². The minimum absolute atomic E-state index is 0.0432. The predicted molar refractivity (Wildman–Crippen MR) is 120 cm³/mol. The summed E-state index contributed by atoms with van der Waals surface area (Å²) in [6.07, 6.45) is 0.605. The zero-order valence-electron chi connectivity index (χ0n) is 18.2. The summed E-state index contributed by atoms with van der Waals surface area (Å²) in [5.74, 6) is -0.461. The van der Waals surface area contributed by atoms with Crippen molar-refractivity contribution in [3.8, 4) is 0 Å². The van der Waals surface area contributed by atoms with Gasteiger partial charge in [-0.1, -0.05) is 12.1 Å². The summed E-state index contributed by atoms with van der Waals surface area (Å²) in [7, 11) is -3.53. The molecule has 9 nitrogen and oxygen atoms in total. The normalized spacial score (nSPS) is 14.8. The average Bonchev–Trinajstić information content (AvgIpc) is 3.26. The second-order valence-corrected chi connectivity index (χ2v) is 9.98. The third-order valence-electron chi connectivity index (χ3n) is 5.00. The van der Waals surface area contributed by atoms with Gasteiger partial charge in [0.1, 0.15) is 6.61 Å². The molecular formula is C21H27N3O6S2. The molecule has 2 aromatic rings. The van der Waals surface area contributed by atoms with E-state index in [1.165, 1.54) is 22.6 Å². The molecule has 1 aromatic heterocycles. The first kappa shape index (κ1) is 24.3. The molecule has 3 rings (SSSR count). The lowest BCUT2D eigenvalue weighted by Gasteiger charge is -2.26. The number of anilines is 1. The zero-order valence-corrected chi connectivity index (χ0v) is 19.8. The molecule has 0 N–H and O–H groups in total. The Labute approximate surface area is 192 Å². The van der Waals surface area contributed by atoms with Gasteiger partial charge in [0.25, 0.3) is 0 Å². The first-order valence-electron chi connectivity index (χ1n) is 10.4. The van der Waals surface area contributed by atoms with Gasteiger partial charge in [-0.2, -0.15) is 4.31 Å². The fraction of sp³-hybridized carbons (Fsp3) is 0.476. The number of morpholine rings is 1. The molecule has 1 saturated heterocycles. The Hall–Kier alpha value is -2.34. The third-order valence-corrected chi connectivity index (χ3v) is 7.82. The van der Waals surface area contributed by atoms with Crippen LogP contribution < -0.4 is 4.90 Å². The molecule has 0 aliphatic carbocycles. The third kappa shape index (κ3) is 6.12. The Bertz CT molecular complexity index is 1030. The van der Waals surface area contributed by atoms with E-state index in [-0.39, 0.29) is 29.8 Å². The molecule has 1 aromatic carbocycles. The van der Waals surface area contributed by atoms with Crippen LogP contribution in [0.15, 0.2) is 34.5 Å². The van der Waals surface area contributed by atoms with Gasteiger partial charge in [0.05, 0.1) is 23.8 Å². The summed E-state index contributed by atoms with van der Waals surface area (Å²) < 4.78 is 37.2. The smallest absolute Gasteiger partial charge is 0.306 e. The number of esters is 1. The number of nitrogens with zero attached hydrogens (tertiary/aromatic N) is 3. The molecule has 0 radical (unpaired) electrons. The number of aryl methyl sites for hydroxylation is 1. The second kappa shape index (κ2) is 11.0. The monoisotopic (exact) mass is 481 g/mol. The van der Waals surface area contributed by atoms with Crippen LogP contribution >= 0.6 is 11.3 Å². The molecule has 0 bridgehead atoms. The number of sulfonamides is 1. The molecule has 0 atom stereocenters. The molecule has 2 heterocycles. The van der Waals surface area contributed by atoms with Crippen LogP contribution in [0, 0.1) is 0 Å². The SMILES string of the molecule is CCN(C(C)=O)c1nc(COC(=O)CCc2ccc(S(=O)(=O)N3CCOCC3)cc2)cs1. The summed E-state index contributed by atoms with van der Waals surface area (Å²) in [5.41, 5.74) is 1.44. The number of carbonyl (C=O) groups is 2. The van der Waals surface area contributed by atoms with E-state index in [2.05, 4.69) is 4.98 Å². The van der Waals surface area contributed by atoms with Crippen molar-refractivity contribution in [3.05, 3.63) is 40.9 Å². The molecule has 0 saturated carbocycles. The van der Waals surface area contributed by atoms with E-state index in [0.717, 1.165) is 5.56 Å². The second-order valence-electron chi connectivity index (χ2n) is 7.21. The van der Waals surface area contributed by atoms with Crippen LogP contribution in [0.25, 0.3) is 0 Å². The van der Waals surface area contributed by atoms with Crippen molar-refractivity contribution in [2.24, 2.45) is 0 Å². The topological polar surface area (TPSA) is 106 Å². The molecule has 174 valence electrons. The van der Waals surface area contributed by atoms with Crippen molar-refractivity contribution < 1.29 is 27.5 Å². The van der Waals surface area contributed by atoms with E-state index in [0.29, 0.717) is 50.1 Å². The molecule has 1 amide bonds. The summed E-state index contributed by atoms with van der Waals surface area (Å²) in [6.45, 7) is 5.41. The Balaban J connectivity index is 1.48. The fourth-order valence-electron chi connectivity index (χ4n) is 3.22. The van der Waals surface area contributed by atoms with Crippen LogP contribution in [-0.2, 0) is 42.1 Å². The fourth-order valence-corrected chi connectivity index (χ4v) is 5.54. The summed E-state index contributed by atoms with van der Waals surface area (Å²) in [5, 5.41) is 2.35. The van der Waals surface area contributed by atoms with Crippen molar-refractivity contribution in [2.75, 3.05) is 37.7 Å². The summed E-state index contributed by atoms with van der Waals surface area (Å²) in [4.78, 5) is 29.8.